The molecule has 1 saturated carbocycles. The van der Waals surface area contributed by atoms with E-state index >= 15 is 0 Å². The van der Waals surface area contributed by atoms with Crippen LogP contribution in [0.4, 0.5) is 5.69 Å². The van der Waals surface area contributed by atoms with Crippen molar-refractivity contribution in [2.24, 2.45) is 5.92 Å². The number of hydrogen-bond acceptors (Lipinski definition) is 2. The van der Waals surface area contributed by atoms with Crippen molar-refractivity contribution in [3.8, 4) is 5.75 Å². The zero-order valence-electron chi connectivity index (χ0n) is 10.3. The van der Waals surface area contributed by atoms with Crippen LogP contribution in [0.1, 0.15) is 32.1 Å². The molecule has 0 saturated heterocycles. The third kappa shape index (κ3) is 3.22. The number of nitrogens with zero attached hydrogens (tertiary/aromatic N) is 1. The van der Waals surface area contributed by atoms with Gasteiger partial charge < -0.3 is 9.94 Å². The molecule has 92 valence electrons. The van der Waals surface area contributed by atoms with Gasteiger partial charge in [-0.05, 0) is 25.0 Å². The molecule has 1 aliphatic carbocycles. The maximum absolute atomic E-state index is 11.9. The fraction of sp³-hybridized carbons (Fsp3) is 0.500. The van der Waals surface area contributed by atoms with Gasteiger partial charge in [0.1, 0.15) is 5.75 Å². The predicted molar refractivity (Wildman–Crippen MR) is 68.9 cm³/mol. The van der Waals surface area contributed by atoms with Crippen LogP contribution in [0.5, 0.6) is 5.75 Å². The second-order valence-electron chi connectivity index (χ2n) is 4.57. The molecular formula is C14H19NO2. The number of hydrogen-bond donors (Lipinski definition) is 0. The minimum Gasteiger partial charge on any atom is -0.619 e. The van der Waals surface area contributed by atoms with E-state index in [0.29, 0.717) is 11.6 Å². The van der Waals surface area contributed by atoms with E-state index in [-0.39, 0.29) is 0 Å². The van der Waals surface area contributed by atoms with E-state index in [4.69, 9.17) is 4.74 Å². The summed E-state index contributed by atoms with van der Waals surface area (Å²) in [7, 11) is 1.62. The second kappa shape index (κ2) is 5.71. The van der Waals surface area contributed by atoms with Crippen molar-refractivity contribution in [2.45, 2.75) is 32.1 Å². The Kier molecular flexibility index (Phi) is 4.02. The Balaban J connectivity index is 2.06. The minimum absolute atomic E-state index is 0.448. The molecule has 3 nitrogen and oxygen atoms in total. The highest BCUT2D eigenvalue weighted by molar-refractivity contribution is 5.57. The average Bonchev–Trinajstić information content (AvgIpc) is 2.40. The van der Waals surface area contributed by atoms with Gasteiger partial charge >= 0.3 is 0 Å². The van der Waals surface area contributed by atoms with Gasteiger partial charge in [0.15, 0.2) is 6.21 Å². The first kappa shape index (κ1) is 12.0. The maximum atomic E-state index is 11.9. The summed E-state index contributed by atoms with van der Waals surface area (Å²) >= 11 is 0. The lowest BCUT2D eigenvalue weighted by Gasteiger charge is -2.16. The number of rotatable bonds is 3. The number of benzene rings is 1. The molecule has 1 fully saturated rings. The van der Waals surface area contributed by atoms with Crippen LogP contribution in [0, 0.1) is 11.1 Å². The minimum atomic E-state index is 0.448. The standard InChI is InChI=1S/C14H19NO2/c1-17-14-9-7-13(8-10-14)15(16)11-12-5-3-2-4-6-12/h7-12H,2-6H2,1H3/b15-11+. The van der Waals surface area contributed by atoms with Crippen molar-refractivity contribution in [1.29, 1.82) is 0 Å². The van der Waals surface area contributed by atoms with E-state index in [1.54, 1.807) is 19.2 Å². The summed E-state index contributed by atoms with van der Waals surface area (Å²) in [6.45, 7) is 0. The molecule has 0 atom stereocenters. The number of methoxy groups -OCH3 is 1. The first-order chi connectivity index (χ1) is 8.29. The van der Waals surface area contributed by atoms with E-state index in [1.807, 2.05) is 18.3 Å². The summed E-state index contributed by atoms with van der Waals surface area (Å²) in [5, 5.41) is 11.9. The lowest BCUT2D eigenvalue weighted by Crippen LogP contribution is -2.12. The zero-order chi connectivity index (χ0) is 12.1. The van der Waals surface area contributed by atoms with Gasteiger partial charge in [0.2, 0.25) is 5.69 Å². The van der Waals surface area contributed by atoms with Gasteiger partial charge in [-0.15, -0.1) is 0 Å². The molecule has 0 radical (unpaired) electrons. The molecular weight excluding hydrogens is 214 g/mol. The molecule has 17 heavy (non-hydrogen) atoms. The average molecular weight is 233 g/mol. The normalized spacial score (nSPS) is 18.1. The first-order valence-electron chi connectivity index (χ1n) is 6.25. The molecule has 0 unspecified atom stereocenters. The Morgan fingerprint density at radius 2 is 1.82 bits per heavy atom. The molecule has 1 aromatic carbocycles. The highest BCUT2D eigenvalue weighted by Crippen LogP contribution is 2.23. The summed E-state index contributed by atoms with van der Waals surface area (Å²) in [5.74, 6) is 1.23. The quantitative estimate of drug-likeness (QED) is 0.347. The molecule has 3 heteroatoms. The van der Waals surface area contributed by atoms with E-state index < -0.39 is 0 Å². The molecule has 1 aromatic rings. The topological polar surface area (TPSA) is 35.3 Å². The monoisotopic (exact) mass is 233 g/mol. The van der Waals surface area contributed by atoms with Crippen LogP contribution in [0.25, 0.3) is 0 Å². The Morgan fingerprint density at radius 1 is 1.18 bits per heavy atom. The van der Waals surface area contributed by atoms with E-state index in [2.05, 4.69) is 0 Å². The van der Waals surface area contributed by atoms with Crippen molar-refractivity contribution >= 4 is 11.9 Å². The molecule has 0 spiro atoms. The lowest BCUT2D eigenvalue weighted by atomic mass is 9.90. The third-order valence-electron chi connectivity index (χ3n) is 3.32. The summed E-state index contributed by atoms with van der Waals surface area (Å²) < 4.78 is 6.06. The lowest BCUT2D eigenvalue weighted by molar-refractivity contribution is -0.358. The molecule has 0 aromatic heterocycles. The van der Waals surface area contributed by atoms with Crippen LogP contribution < -0.4 is 4.74 Å². The molecule has 0 amide bonds. The molecule has 1 aliphatic rings. The summed E-state index contributed by atoms with van der Waals surface area (Å²) in [4.78, 5) is 0. The Bertz CT molecular complexity index is 378. The summed E-state index contributed by atoms with van der Waals surface area (Å²) in [6.07, 6.45) is 7.92. The zero-order valence-corrected chi connectivity index (χ0v) is 10.3. The van der Waals surface area contributed by atoms with Gasteiger partial charge in [0, 0.05) is 18.1 Å². The SMILES string of the molecule is COc1ccc(/[N+]([O-])=C\C2CCCCC2)cc1. The molecule has 0 heterocycles. The fourth-order valence-electron chi connectivity index (χ4n) is 2.29. The molecule has 0 bridgehead atoms. The van der Waals surface area contributed by atoms with E-state index in [9.17, 15) is 5.21 Å². The van der Waals surface area contributed by atoms with Crippen LogP contribution in [0.2, 0.25) is 0 Å². The Labute approximate surface area is 102 Å². The van der Waals surface area contributed by atoms with Crippen molar-refractivity contribution < 1.29 is 9.48 Å². The van der Waals surface area contributed by atoms with Crippen LogP contribution in [0.15, 0.2) is 24.3 Å². The molecule has 0 aliphatic heterocycles. The van der Waals surface area contributed by atoms with Gasteiger partial charge in [-0.2, -0.15) is 4.74 Å². The van der Waals surface area contributed by atoms with Crippen LogP contribution in [-0.4, -0.2) is 18.1 Å². The highest BCUT2D eigenvalue weighted by atomic mass is 16.5. The number of ether oxygens (including phenoxy) is 1. The van der Waals surface area contributed by atoms with Gasteiger partial charge in [-0.25, -0.2) is 0 Å². The van der Waals surface area contributed by atoms with Crippen molar-refractivity contribution in [3.63, 3.8) is 0 Å². The van der Waals surface area contributed by atoms with Gasteiger partial charge in [-0.1, -0.05) is 19.3 Å². The third-order valence-corrected chi connectivity index (χ3v) is 3.32. The molecule has 0 N–H and O–H groups in total. The van der Waals surface area contributed by atoms with Crippen molar-refractivity contribution in [1.82, 2.24) is 0 Å². The van der Waals surface area contributed by atoms with Gasteiger partial charge in [0.05, 0.1) is 7.11 Å². The second-order valence-corrected chi connectivity index (χ2v) is 4.57. The first-order valence-corrected chi connectivity index (χ1v) is 6.25. The van der Waals surface area contributed by atoms with E-state index in [1.165, 1.54) is 19.3 Å². The smallest absolute Gasteiger partial charge is 0.216 e. The van der Waals surface area contributed by atoms with Crippen LogP contribution >= 0.6 is 0 Å². The summed E-state index contributed by atoms with van der Waals surface area (Å²) in [6, 6.07) is 7.22. The van der Waals surface area contributed by atoms with Gasteiger partial charge in [-0.3, -0.25) is 0 Å². The highest BCUT2D eigenvalue weighted by Gasteiger charge is 2.15. The maximum Gasteiger partial charge on any atom is 0.216 e. The van der Waals surface area contributed by atoms with E-state index in [0.717, 1.165) is 23.3 Å². The van der Waals surface area contributed by atoms with Crippen LogP contribution in [-0.2, 0) is 0 Å². The van der Waals surface area contributed by atoms with Crippen LogP contribution in [0.3, 0.4) is 0 Å². The van der Waals surface area contributed by atoms with Crippen molar-refractivity contribution in [3.05, 3.63) is 29.5 Å². The largest absolute Gasteiger partial charge is 0.619 e. The fourth-order valence-corrected chi connectivity index (χ4v) is 2.29. The van der Waals surface area contributed by atoms with Crippen molar-refractivity contribution in [2.75, 3.05) is 7.11 Å². The van der Waals surface area contributed by atoms with Gasteiger partial charge in [0.25, 0.3) is 0 Å². The Morgan fingerprint density at radius 3 is 2.41 bits per heavy atom. The summed E-state index contributed by atoms with van der Waals surface area (Å²) in [5.41, 5.74) is 0.677. The molecule has 2 rings (SSSR count). The Hall–Kier alpha value is -1.51. The predicted octanol–water partition coefficient (Wildman–Crippen LogP) is 3.49.